The van der Waals surface area contributed by atoms with Crippen molar-refractivity contribution in [2.75, 3.05) is 19.0 Å². The maximum atomic E-state index is 13.5. The summed E-state index contributed by atoms with van der Waals surface area (Å²) in [5.74, 6) is 1.09. The van der Waals surface area contributed by atoms with Crippen LogP contribution in [0.15, 0.2) is 106 Å². The quantitative estimate of drug-likeness (QED) is 0.158. The molecular weight excluding hydrogens is 641 g/mol. The minimum atomic E-state index is -0.287. The van der Waals surface area contributed by atoms with Gasteiger partial charge in [-0.1, -0.05) is 36.4 Å². The first-order valence-corrected chi connectivity index (χ1v) is 14.1. The van der Waals surface area contributed by atoms with Crippen LogP contribution in [0.2, 0.25) is 0 Å². The van der Waals surface area contributed by atoms with Gasteiger partial charge in [0.15, 0.2) is 23.3 Å². The van der Waals surface area contributed by atoms with Gasteiger partial charge in [-0.25, -0.2) is 4.99 Å². The number of anilines is 1. The largest absolute Gasteiger partial charge is 0.493 e. The van der Waals surface area contributed by atoms with Gasteiger partial charge >= 0.3 is 0 Å². The van der Waals surface area contributed by atoms with E-state index in [1.54, 1.807) is 41.5 Å². The number of carbonyl (C=O) groups is 2. The van der Waals surface area contributed by atoms with Gasteiger partial charge in [-0.3, -0.25) is 14.5 Å². The average Bonchev–Trinajstić information content (AvgIpc) is 3.57. The molecule has 0 unspecified atom stereocenters. The van der Waals surface area contributed by atoms with Crippen LogP contribution in [0.3, 0.4) is 0 Å². The van der Waals surface area contributed by atoms with Gasteiger partial charge in [0.25, 0.3) is 11.8 Å². The van der Waals surface area contributed by atoms with E-state index in [-0.39, 0.29) is 25.0 Å². The molecule has 2 heterocycles. The number of thioether (sulfide) groups is 1. The Hall–Kier alpha value is -4.03. The van der Waals surface area contributed by atoms with E-state index < -0.39 is 0 Å². The number of aliphatic imine (C=N–C) groups is 1. The van der Waals surface area contributed by atoms with Gasteiger partial charge in [0, 0.05) is 5.69 Å². The SMILES string of the molecule is COc1cc(/C=C2\SC(=Nc3ccccc3)N(Cc3ccco3)C2=O)cc(I)c1OCC(=O)Nc1ccccc1. The van der Waals surface area contributed by atoms with Crippen molar-refractivity contribution in [1.82, 2.24) is 4.90 Å². The second kappa shape index (κ2) is 12.9. The van der Waals surface area contributed by atoms with Crippen LogP contribution in [0.5, 0.6) is 11.5 Å². The lowest BCUT2D eigenvalue weighted by Crippen LogP contribution is -2.28. The first kappa shape index (κ1) is 27.5. The third kappa shape index (κ3) is 6.75. The van der Waals surface area contributed by atoms with Crippen LogP contribution >= 0.6 is 34.4 Å². The zero-order chi connectivity index (χ0) is 27.9. The molecule has 1 saturated heterocycles. The predicted octanol–water partition coefficient (Wildman–Crippen LogP) is 6.71. The number of halogens is 1. The summed E-state index contributed by atoms with van der Waals surface area (Å²) < 4.78 is 17.6. The molecule has 5 rings (SSSR count). The van der Waals surface area contributed by atoms with Crippen molar-refractivity contribution in [3.05, 3.63) is 111 Å². The number of para-hydroxylation sites is 2. The number of benzene rings is 3. The Kier molecular flexibility index (Phi) is 8.87. The summed E-state index contributed by atoms with van der Waals surface area (Å²) in [6.07, 6.45) is 3.38. The van der Waals surface area contributed by atoms with Crippen molar-refractivity contribution in [3.63, 3.8) is 0 Å². The van der Waals surface area contributed by atoms with E-state index in [2.05, 4.69) is 27.9 Å². The van der Waals surface area contributed by atoms with Gasteiger partial charge in [0.1, 0.15) is 5.76 Å². The number of ether oxygens (including phenoxy) is 2. The lowest BCUT2D eigenvalue weighted by molar-refractivity contribution is -0.122. The molecule has 0 saturated carbocycles. The molecule has 3 aromatic carbocycles. The maximum Gasteiger partial charge on any atom is 0.267 e. The number of nitrogens with zero attached hydrogens (tertiary/aromatic N) is 2. The molecule has 40 heavy (non-hydrogen) atoms. The van der Waals surface area contributed by atoms with Crippen LogP contribution in [-0.2, 0) is 16.1 Å². The van der Waals surface area contributed by atoms with Crippen molar-refractivity contribution in [3.8, 4) is 11.5 Å². The van der Waals surface area contributed by atoms with Crippen molar-refractivity contribution >= 4 is 68.8 Å². The first-order chi connectivity index (χ1) is 19.5. The van der Waals surface area contributed by atoms with Gasteiger partial charge in [0.2, 0.25) is 0 Å². The monoisotopic (exact) mass is 665 g/mol. The lowest BCUT2D eigenvalue weighted by Gasteiger charge is -2.14. The fourth-order valence-electron chi connectivity index (χ4n) is 3.87. The zero-order valence-corrected chi connectivity index (χ0v) is 24.3. The molecular formula is C30H24IN3O5S. The molecule has 4 aromatic rings. The summed E-state index contributed by atoms with van der Waals surface area (Å²) in [6.45, 7) is 0.0810. The fourth-order valence-corrected chi connectivity index (χ4v) is 5.65. The minimum Gasteiger partial charge on any atom is -0.493 e. The number of nitrogens with one attached hydrogen (secondary N) is 1. The van der Waals surface area contributed by atoms with Crippen LogP contribution in [-0.4, -0.2) is 35.6 Å². The van der Waals surface area contributed by atoms with E-state index in [0.717, 1.165) is 14.8 Å². The third-order valence-corrected chi connectivity index (χ3v) is 7.53. The summed E-state index contributed by atoms with van der Waals surface area (Å²) in [5.41, 5.74) is 2.18. The van der Waals surface area contributed by atoms with Crippen LogP contribution < -0.4 is 14.8 Å². The van der Waals surface area contributed by atoms with Crippen molar-refractivity contribution in [1.29, 1.82) is 0 Å². The summed E-state index contributed by atoms with van der Waals surface area (Å²) >= 11 is 3.43. The Labute approximate surface area is 249 Å². The number of rotatable bonds is 9. The molecule has 10 heteroatoms. The number of furan rings is 1. The second-order valence-corrected chi connectivity index (χ2v) is 10.7. The Morgan fingerprint density at radius 3 is 2.52 bits per heavy atom. The standard InChI is InChI=1S/C30H24IN3O5S/c1-37-25-16-20(15-24(31)28(25)39-19-27(35)32-21-9-4-2-5-10-21)17-26-29(36)34(18-23-13-8-14-38-23)30(40-26)33-22-11-6-3-7-12-22/h2-17H,18-19H2,1H3,(H,32,35)/b26-17-,33-30?. The summed E-state index contributed by atoms with van der Waals surface area (Å²) in [7, 11) is 1.53. The average molecular weight is 666 g/mol. The zero-order valence-electron chi connectivity index (χ0n) is 21.4. The van der Waals surface area contributed by atoms with E-state index >= 15 is 0 Å². The molecule has 0 radical (unpaired) electrons. The highest BCUT2D eigenvalue weighted by Crippen LogP contribution is 2.38. The van der Waals surface area contributed by atoms with Gasteiger partial charge in [-0.15, -0.1) is 0 Å². The Balaban J connectivity index is 1.37. The van der Waals surface area contributed by atoms with Crippen LogP contribution in [0.25, 0.3) is 6.08 Å². The van der Waals surface area contributed by atoms with Crippen LogP contribution in [0, 0.1) is 3.57 Å². The highest BCUT2D eigenvalue weighted by Gasteiger charge is 2.34. The molecule has 202 valence electrons. The van der Waals surface area contributed by atoms with E-state index in [9.17, 15) is 9.59 Å². The second-order valence-electron chi connectivity index (χ2n) is 8.55. The van der Waals surface area contributed by atoms with Gasteiger partial charge in [-0.2, -0.15) is 0 Å². The topological polar surface area (TPSA) is 93.4 Å². The summed E-state index contributed by atoms with van der Waals surface area (Å²) in [4.78, 5) is 32.7. The van der Waals surface area contributed by atoms with E-state index in [1.807, 2.05) is 60.7 Å². The normalized spacial score (nSPS) is 15.1. The van der Waals surface area contributed by atoms with Gasteiger partial charge < -0.3 is 19.2 Å². The molecule has 0 bridgehead atoms. The Bertz CT molecular complexity index is 1560. The molecule has 1 aliphatic rings. The van der Waals surface area contributed by atoms with E-state index in [1.165, 1.54) is 18.9 Å². The number of amides is 2. The van der Waals surface area contributed by atoms with Crippen LogP contribution in [0.1, 0.15) is 11.3 Å². The minimum absolute atomic E-state index is 0.178. The van der Waals surface area contributed by atoms with E-state index in [4.69, 9.17) is 18.9 Å². The lowest BCUT2D eigenvalue weighted by atomic mass is 10.2. The first-order valence-electron chi connectivity index (χ1n) is 12.2. The molecule has 0 spiro atoms. The third-order valence-electron chi connectivity index (χ3n) is 5.72. The number of amidine groups is 1. The number of methoxy groups -OCH3 is 1. The van der Waals surface area contributed by atoms with Crippen molar-refractivity contribution in [2.45, 2.75) is 6.54 Å². The Morgan fingerprint density at radius 2 is 1.82 bits per heavy atom. The number of hydrogen-bond donors (Lipinski definition) is 1. The molecule has 1 aromatic heterocycles. The molecule has 1 aliphatic heterocycles. The predicted molar refractivity (Wildman–Crippen MR) is 165 cm³/mol. The maximum absolute atomic E-state index is 13.5. The highest BCUT2D eigenvalue weighted by molar-refractivity contribution is 14.1. The molecule has 1 N–H and O–H groups in total. The molecule has 0 aliphatic carbocycles. The molecule has 2 amide bonds. The molecule has 0 atom stereocenters. The van der Waals surface area contributed by atoms with Gasteiger partial charge in [0.05, 0.1) is 34.1 Å². The summed E-state index contributed by atoms with van der Waals surface area (Å²) in [5, 5.41) is 3.36. The molecule has 1 fully saturated rings. The van der Waals surface area contributed by atoms with Crippen molar-refractivity contribution < 1.29 is 23.5 Å². The fraction of sp³-hybridized carbons (Fsp3) is 0.100. The van der Waals surface area contributed by atoms with E-state index in [0.29, 0.717) is 33.0 Å². The number of hydrogen-bond acceptors (Lipinski definition) is 7. The number of carbonyl (C=O) groups excluding carboxylic acids is 2. The highest BCUT2D eigenvalue weighted by atomic mass is 127. The smallest absolute Gasteiger partial charge is 0.267 e. The van der Waals surface area contributed by atoms with Gasteiger partial charge in [-0.05, 0) is 94.5 Å². The summed E-state index contributed by atoms with van der Waals surface area (Å²) in [6, 6.07) is 25.9. The molecule has 8 nitrogen and oxygen atoms in total. The van der Waals surface area contributed by atoms with Crippen LogP contribution in [0.4, 0.5) is 11.4 Å². The van der Waals surface area contributed by atoms with Crippen molar-refractivity contribution in [2.24, 2.45) is 4.99 Å². The Morgan fingerprint density at radius 1 is 1.07 bits per heavy atom.